The lowest BCUT2D eigenvalue weighted by Gasteiger charge is -2.11. The molecule has 108 valence electrons. The van der Waals surface area contributed by atoms with Crippen LogP contribution in [0, 0.1) is 0 Å². The number of hydrogen-bond acceptors (Lipinski definition) is 4. The van der Waals surface area contributed by atoms with Crippen LogP contribution in [0.1, 0.15) is 45.4 Å². The third-order valence-corrected chi connectivity index (χ3v) is 3.34. The van der Waals surface area contributed by atoms with E-state index in [1.165, 1.54) is 25.7 Å². The third kappa shape index (κ3) is 4.46. The third-order valence-electron chi connectivity index (χ3n) is 3.34. The van der Waals surface area contributed by atoms with Crippen molar-refractivity contribution < 1.29 is 4.52 Å². The van der Waals surface area contributed by atoms with Crippen molar-refractivity contribution in [2.45, 2.75) is 52.1 Å². The number of aromatic nitrogens is 2. The van der Waals surface area contributed by atoms with Gasteiger partial charge in [0.15, 0.2) is 5.82 Å². The standard InChI is InChI=1S/C16H23N3O/c1-3-4-6-9-13(2)17-12-15-18-16(20-19-15)14-10-7-5-8-11-14/h5,7-8,10-11,13,17H,3-4,6,9,12H2,1-2H3. The summed E-state index contributed by atoms with van der Waals surface area (Å²) in [4.78, 5) is 4.41. The number of hydrogen-bond donors (Lipinski definition) is 1. The van der Waals surface area contributed by atoms with Crippen LogP contribution in [-0.2, 0) is 6.54 Å². The van der Waals surface area contributed by atoms with Crippen molar-refractivity contribution in [1.82, 2.24) is 15.5 Å². The lowest BCUT2D eigenvalue weighted by atomic mass is 10.1. The average molecular weight is 273 g/mol. The molecule has 0 bridgehead atoms. The molecule has 1 aromatic heterocycles. The Bertz CT molecular complexity index is 495. The molecule has 0 saturated heterocycles. The van der Waals surface area contributed by atoms with Crippen LogP contribution in [0.3, 0.4) is 0 Å². The number of rotatable bonds is 8. The molecule has 0 spiro atoms. The lowest BCUT2D eigenvalue weighted by molar-refractivity contribution is 0.412. The Morgan fingerprint density at radius 2 is 2.00 bits per heavy atom. The van der Waals surface area contributed by atoms with Gasteiger partial charge >= 0.3 is 0 Å². The molecule has 2 rings (SSSR count). The zero-order valence-corrected chi connectivity index (χ0v) is 12.3. The van der Waals surface area contributed by atoms with E-state index >= 15 is 0 Å². The summed E-state index contributed by atoms with van der Waals surface area (Å²) >= 11 is 0. The Morgan fingerprint density at radius 1 is 1.20 bits per heavy atom. The van der Waals surface area contributed by atoms with Crippen LogP contribution in [-0.4, -0.2) is 16.2 Å². The van der Waals surface area contributed by atoms with Crippen molar-refractivity contribution in [3.63, 3.8) is 0 Å². The Kier molecular flexibility index (Phi) is 5.74. The molecule has 4 heteroatoms. The van der Waals surface area contributed by atoms with Gasteiger partial charge < -0.3 is 9.84 Å². The molecule has 1 atom stereocenters. The summed E-state index contributed by atoms with van der Waals surface area (Å²) in [5.74, 6) is 1.30. The smallest absolute Gasteiger partial charge is 0.257 e. The first-order valence-corrected chi connectivity index (χ1v) is 7.41. The van der Waals surface area contributed by atoms with E-state index in [4.69, 9.17) is 4.52 Å². The first-order valence-electron chi connectivity index (χ1n) is 7.41. The van der Waals surface area contributed by atoms with Gasteiger partial charge in [0.2, 0.25) is 0 Å². The summed E-state index contributed by atoms with van der Waals surface area (Å²) in [7, 11) is 0. The molecule has 0 aliphatic carbocycles. The highest BCUT2D eigenvalue weighted by molar-refractivity contribution is 5.51. The van der Waals surface area contributed by atoms with Crippen LogP contribution in [0.25, 0.3) is 11.5 Å². The molecule has 0 amide bonds. The van der Waals surface area contributed by atoms with Gasteiger partial charge in [-0.15, -0.1) is 0 Å². The molecule has 1 aromatic carbocycles. The van der Waals surface area contributed by atoms with Crippen LogP contribution in [0.15, 0.2) is 34.9 Å². The molecule has 0 fully saturated rings. The highest BCUT2D eigenvalue weighted by Gasteiger charge is 2.09. The van der Waals surface area contributed by atoms with Crippen molar-refractivity contribution in [3.05, 3.63) is 36.2 Å². The quantitative estimate of drug-likeness (QED) is 0.743. The zero-order chi connectivity index (χ0) is 14.2. The van der Waals surface area contributed by atoms with Crippen LogP contribution < -0.4 is 5.32 Å². The Balaban J connectivity index is 1.81. The molecule has 0 saturated carbocycles. The van der Waals surface area contributed by atoms with Gasteiger partial charge in [-0.1, -0.05) is 49.5 Å². The van der Waals surface area contributed by atoms with Crippen molar-refractivity contribution in [3.8, 4) is 11.5 Å². The van der Waals surface area contributed by atoms with Gasteiger partial charge in [0.05, 0.1) is 6.54 Å². The zero-order valence-electron chi connectivity index (χ0n) is 12.3. The second-order valence-electron chi connectivity index (χ2n) is 5.16. The molecule has 1 unspecified atom stereocenters. The fourth-order valence-electron chi connectivity index (χ4n) is 2.09. The van der Waals surface area contributed by atoms with Gasteiger partial charge in [-0.3, -0.25) is 0 Å². The highest BCUT2D eigenvalue weighted by atomic mass is 16.5. The summed E-state index contributed by atoms with van der Waals surface area (Å²) in [6.45, 7) is 5.08. The van der Waals surface area contributed by atoms with Crippen molar-refractivity contribution in [2.75, 3.05) is 0 Å². The molecule has 0 radical (unpaired) electrons. The van der Waals surface area contributed by atoms with Gasteiger partial charge in [-0.2, -0.15) is 4.98 Å². The maximum Gasteiger partial charge on any atom is 0.257 e. The molecule has 0 aliphatic heterocycles. The Labute approximate surface area is 120 Å². The number of unbranched alkanes of at least 4 members (excludes halogenated alkanes) is 2. The number of benzene rings is 1. The fraction of sp³-hybridized carbons (Fsp3) is 0.500. The minimum atomic E-state index is 0.486. The van der Waals surface area contributed by atoms with Crippen molar-refractivity contribution >= 4 is 0 Å². The number of nitrogens with zero attached hydrogens (tertiary/aromatic N) is 2. The fourth-order valence-corrected chi connectivity index (χ4v) is 2.09. The van der Waals surface area contributed by atoms with Gasteiger partial charge in [0.25, 0.3) is 5.89 Å². The normalized spacial score (nSPS) is 12.5. The van der Waals surface area contributed by atoms with E-state index in [0.29, 0.717) is 24.3 Å². The maximum atomic E-state index is 5.28. The first kappa shape index (κ1) is 14.7. The van der Waals surface area contributed by atoms with Crippen molar-refractivity contribution in [2.24, 2.45) is 0 Å². The second kappa shape index (κ2) is 7.80. The average Bonchev–Trinajstić information content (AvgIpc) is 2.95. The summed E-state index contributed by atoms with van der Waals surface area (Å²) in [5, 5.41) is 7.45. The highest BCUT2D eigenvalue weighted by Crippen LogP contribution is 2.16. The summed E-state index contributed by atoms with van der Waals surface area (Å²) < 4.78 is 5.28. The predicted molar refractivity (Wildman–Crippen MR) is 80.2 cm³/mol. The Hall–Kier alpha value is -1.68. The lowest BCUT2D eigenvalue weighted by Crippen LogP contribution is -2.25. The molecule has 0 aliphatic rings. The molecule has 2 aromatic rings. The van der Waals surface area contributed by atoms with E-state index in [9.17, 15) is 0 Å². The van der Waals surface area contributed by atoms with E-state index in [-0.39, 0.29) is 0 Å². The van der Waals surface area contributed by atoms with Crippen LogP contribution >= 0.6 is 0 Å². The molecule has 4 nitrogen and oxygen atoms in total. The van der Waals surface area contributed by atoms with Gasteiger partial charge in [-0.25, -0.2) is 0 Å². The van der Waals surface area contributed by atoms with Gasteiger partial charge in [0.1, 0.15) is 0 Å². The molecular formula is C16H23N3O. The van der Waals surface area contributed by atoms with Crippen LogP contribution in [0.4, 0.5) is 0 Å². The van der Waals surface area contributed by atoms with E-state index in [0.717, 1.165) is 5.56 Å². The van der Waals surface area contributed by atoms with Crippen LogP contribution in [0.2, 0.25) is 0 Å². The van der Waals surface area contributed by atoms with Crippen molar-refractivity contribution in [1.29, 1.82) is 0 Å². The van der Waals surface area contributed by atoms with E-state index < -0.39 is 0 Å². The summed E-state index contributed by atoms with van der Waals surface area (Å²) in [6.07, 6.45) is 5.02. The topological polar surface area (TPSA) is 51.0 Å². The maximum absolute atomic E-state index is 5.28. The minimum absolute atomic E-state index is 0.486. The Morgan fingerprint density at radius 3 is 2.75 bits per heavy atom. The van der Waals surface area contributed by atoms with E-state index in [2.05, 4.69) is 29.3 Å². The van der Waals surface area contributed by atoms with Gasteiger partial charge in [-0.05, 0) is 25.5 Å². The van der Waals surface area contributed by atoms with Gasteiger partial charge in [0, 0.05) is 11.6 Å². The number of nitrogens with one attached hydrogen (secondary N) is 1. The monoisotopic (exact) mass is 273 g/mol. The molecule has 20 heavy (non-hydrogen) atoms. The predicted octanol–water partition coefficient (Wildman–Crippen LogP) is 3.80. The SMILES string of the molecule is CCCCCC(C)NCc1noc(-c2ccccc2)n1. The molecular weight excluding hydrogens is 250 g/mol. The second-order valence-corrected chi connectivity index (χ2v) is 5.16. The largest absolute Gasteiger partial charge is 0.334 e. The molecule has 1 N–H and O–H groups in total. The van der Waals surface area contributed by atoms with Crippen LogP contribution in [0.5, 0.6) is 0 Å². The summed E-state index contributed by atoms with van der Waals surface area (Å²) in [6, 6.07) is 10.3. The first-order chi connectivity index (χ1) is 9.79. The molecule has 1 heterocycles. The van der Waals surface area contributed by atoms with E-state index in [1.807, 2.05) is 30.3 Å². The van der Waals surface area contributed by atoms with E-state index in [1.54, 1.807) is 0 Å². The minimum Gasteiger partial charge on any atom is -0.334 e. The summed E-state index contributed by atoms with van der Waals surface area (Å²) in [5.41, 5.74) is 0.960.